The molecule has 1 aliphatic heterocycles. The van der Waals surface area contributed by atoms with Crippen molar-refractivity contribution >= 4 is 19.6 Å². The Morgan fingerprint density at radius 2 is 1.69 bits per heavy atom. The standard InChI is InChI=1S/C9H9N3.C8H10BN4.Pt/c1-11-7-10-12(8-11)9-5-3-2-4-6-9;1-7-3-10-12(5-7)9-13-6-8(2)4-11-13;/h2-5,7-8H,1H3;3-6H,1-2H3;/q-2;;+2. The summed E-state index contributed by atoms with van der Waals surface area (Å²) in [5.74, 6) is 0. The van der Waals surface area contributed by atoms with E-state index in [9.17, 15) is 0 Å². The van der Waals surface area contributed by atoms with Crippen LogP contribution in [0.4, 0.5) is 5.69 Å². The van der Waals surface area contributed by atoms with Gasteiger partial charge in [0.05, 0.1) is 18.7 Å². The van der Waals surface area contributed by atoms with E-state index in [2.05, 4.69) is 21.4 Å². The number of aryl methyl sites for hydroxylation is 2. The molecule has 0 amide bonds. The zero-order chi connectivity index (χ0) is 17.6. The molecule has 0 atom stereocenters. The van der Waals surface area contributed by atoms with Crippen LogP contribution in [0.2, 0.25) is 0 Å². The van der Waals surface area contributed by atoms with Crippen molar-refractivity contribution in [2.45, 2.75) is 13.8 Å². The Morgan fingerprint density at radius 3 is 2.12 bits per heavy atom. The van der Waals surface area contributed by atoms with Gasteiger partial charge in [-0.2, -0.15) is 39.6 Å². The molecule has 0 aliphatic carbocycles. The fraction of sp³-hybridized carbons (Fsp3) is 0.176. The van der Waals surface area contributed by atoms with Crippen molar-refractivity contribution < 1.29 is 21.1 Å². The third-order valence-electron chi connectivity index (χ3n) is 3.29. The number of para-hydroxylation sites is 1. The fourth-order valence-corrected chi connectivity index (χ4v) is 2.13. The molecule has 3 heterocycles. The Bertz CT molecular complexity index is 792. The molecule has 2 aromatic heterocycles. The molecular weight excluding hydrogens is 508 g/mol. The monoisotopic (exact) mass is 527 g/mol. The van der Waals surface area contributed by atoms with Crippen molar-refractivity contribution in [3.63, 3.8) is 0 Å². The largest absolute Gasteiger partial charge is 2.00 e. The summed E-state index contributed by atoms with van der Waals surface area (Å²) in [5.41, 5.74) is 3.23. The number of hydrogen-bond donors (Lipinski definition) is 0. The summed E-state index contributed by atoms with van der Waals surface area (Å²) in [6, 6.07) is 10.8. The number of nitrogens with zero attached hydrogens (tertiary/aromatic N) is 7. The summed E-state index contributed by atoms with van der Waals surface area (Å²) >= 11 is 0. The van der Waals surface area contributed by atoms with Crippen LogP contribution in [0.25, 0.3) is 0 Å². The molecule has 1 aromatic carbocycles. The number of benzene rings is 1. The van der Waals surface area contributed by atoms with Crippen molar-refractivity contribution in [1.82, 2.24) is 24.3 Å². The van der Waals surface area contributed by atoms with E-state index in [0.29, 0.717) is 0 Å². The average Bonchev–Trinajstić information content (AvgIpc) is 3.32. The zero-order valence-electron chi connectivity index (χ0n) is 14.8. The second kappa shape index (κ2) is 9.39. The molecule has 135 valence electrons. The fourth-order valence-electron chi connectivity index (χ4n) is 2.13. The van der Waals surface area contributed by atoms with Gasteiger partial charge in [0, 0.05) is 12.4 Å². The third kappa shape index (κ3) is 5.59. The first-order valence-electron chi connectivity index (χ1n) is 7.83. The molecule has 0 unspecified atom stereocenters. The number of aromatic nitrogens is 4. The maximum absolute atomic E-state index is 4.13. The Labute approximate surface area is 168 Å². The maximum atomic E-state index is 4.13. The van der Waals surface area contributed by atoms with E-state index in [1.54, 1.807) is 20.5 Å². The third-order valence-corrected chi connectivity index (χ3v) is 3.29. The Balaban J connectivity index is 0.000000180. The number of anilines is 1. The first kappa shape index (κ1) is 20.0. The van der Waals surface area contributed by atoms with Gasteiger partial charge in [0.2, 0.25) is 0 Å². The predicted molar refractivity (Wildman–Crippen MR) is 98.8 cm³/mol. The van der Waals surface area contributed by atoms with Gasteiger partial charge in [-0.3, -0.25) is 9.19 Å². The quantitative estimate of drug-likeness (QED) is 0.386. The van der Waals surface area contributed by atoms with E-state index in [1.165, 1.54) is 0 Å². The average molecular weight is 527 g/mol. The minimum Gasteiger partial charge on any atom is -0.493 e. The van der Waals surface area contributed by atoms with Gasteiger partial charge >= 0.3 is 28.6 Å². The molecule has 4 rings (SSSR count). The molecule has 0 bridgehead atoms. The molecule has 0 fully saturated rings. The minimum absolute atomic E-state index is 0. The van der Waals surface area contributed by atoms with E-state index < -0.39 is 0 Å². The van der Waals surface area contributed by atoms with Crippen molar-refractivity contribution in [1.29, 1.82) is 0 Å². The van der Waals surface area contributed by atoms with E-state index >= 15 is 0 Å². The SMILES string of the molecule is CN1C=NN(c2[c-]cccc2)[CH-]1.Cc1cnn([B]n2cc(C)cn2)c1.[Pt+2]. The Morgan fingerprint density at radius 1 is 1.04 bits per heavy atom. The number of rotatable bonds is 3. The van der Waals surface area contributed by atoms with Crippen molar-refractivity contribution in [3.05, 3.63) is 72.9 Å². The molecule has 9 heteroatoms. The molecular formula is C17H19BN7Pt. The van der Waals surface area contributed by atoms with Crippen LogP contribution in [-0.4, -0.2) is 45.2 Å². The summed E-state index contributed by atoms with van der Waals surface area (Å²) in [7, 11) is 3.76. The molecule has 7 nitrogen and oxygen atoms in total. The van der Waals surface area contributed by atoms with E-state index in [0.717, 1.165) is 16.8 Å². The molecule has 0 saturated carbocycles. The molecule has 0 N–H and O–H groups in total. The molecule has 1 aliphatic rings. The van der Waals surface area contributed by atoms with Crippen LogP contribution in [0.5, 0.6) is 0 Å². The molecule has 0 spiro atoms. The van der Waals surface area contributed by atoms with Gasteiger partial charge in [0.1, 0.15) is 0 Å². The summed E-state index contributed by atoms with van der Waals surface area (Å²) in [6.07, 6.45) is 9.26. The molecule has 1 radical (unpaired) electrons. The van der Waals surface area contributed by atoms with E-state index in [-0.39, 0.29) is 21.1 Å². The van der Waals surface area contributed by atoms with Crippen LogP contribution in [0, 0.1) is 26.6 Å². The van der Waals surface area contributed by atoms with Crippen LogP contribution in [-0.2, 0) is 21.1 Å². The van der Waals surface area contributed by atoms with Crippen LogP contribution >= 0.6 is 0 Å². The Kier molecular flexibility index (Phi) is 7.21. The van der Waals surface area contributed by atoms with Gasteiger partial charge in [-0.05, 0) is 32.0 Å². The van der Waals surface area contributed by atoms with Gasteiger partial charge in [0.25, 0.3) is 0 Å². The van der Waals surface area contributed by atoms with Crippen LogP contribution in [0.1, 0.15) is 11.1 Å². The second-order valence-electron chi connectivity index (χ2n) is 5.72. The van der Waals surface area contributed by atoms with Crippen LogP contribution in [0.3, 0.4) is 0 Å². The first-order chi connectivity index (χ1) is 12.1. The first-order valence-corrected chi connectivity index (χ1v) is 7.83. The summed E-state index contributed by atoms with van der Waals surface area (Å²) < 4.78 is 3.48. The number of hydrazone groups is 1. The van der Waals surface area contributed by atoms with Crippen LogP contribution < -0.4 is 5.01 Å². The summed E-state index contributed by atoms with van der Waals surface area (Å²) in [6.45, 7) is 5.91. The van der Waals surface area contributed by atoms with Gasteiger partial charge < -0.3 is 9.91 Å². The molecule has 26 heavy (non-hydrogen) atoms. The smallest absolute Gasteiger partial charge is 0.493 e. The van der Waals surface area contributed by atoms with Gasteiger partial charge in [-0.15, -0.1) is 12.7 Å². The zero-order valence-corrected chi connectivity index (χ0v) is 17.1. The van der Waals surface area contributed by atoms with Crippen molar-refractivity contribution in [3.8, 4) is 0 Å². The van der Waals surface area contributed by atoms with Gasteiger partial charge in [-0.1, -0.05) is 5.69 Å². The molecule has 3 aromatic rings. The van der Waals surface area contributed by atoms with Crippen molar-refractivity contribution in [2.75, 3.05) is 12.1 Å². The van der Waals surface area contributed by atoms with E-state index in [4.69, 9.17) is 0 Å². The van der Waals surface area contributed by atoms with Gasteiger partial charge in [-0.25, -0.2) is 0 Å². The van der Waals surface area contributed by atoms with Crippen LogP contribution in [0.15, 0.2) is 54.2 Å². The summed E-state index contributed by atoms with van der Waals surface area (Å²) in [4.78, 5) is 1.89. The maximum Gasteiger partial charge on any atom is 2.00 e. The van der Waals surface area contributed by atoms with Gasteiger partial charge in [0.15, 0.2) is 0 Å². The predicted octanol–water partition coefficient (Wildman–Crippen LogP) is 1.93. The second-order valence-corrected chi connectivity index (χ2v) is 5.72. The van der Waals surface area contributed by atoms with Crippen molar-refractivity contribution in [2.24, 2.45) is 5.10 Å². The summed E-state index contributed by atoms with van der Waals surface area (Å²) in [5, 5.41) is 14.2. The minimum atomic E-state index is 0. The van der Waals surface area contributed by atoms with E-state index in [1.807, 2.05) is 89.1 Å². The topological polar surface area (TPSA) is 54.5 Å². The molecule has 0 saturated heterocycles. The Hall–Kier alpha value is -2.34. The normalized spacial score (nSPS) is 12.4. The number of hydrogen-bond acceptors (Lipinski definition) is 5.